The van der Waals surface area contributed by atoms with Crippen LogP contribution in [-0.4, -0.2) is 4.98 Å². The van der Waals surface area contributed by atoms with Gasteiger partial charge in [-0.15, -0.1) is 0 Å². The molecule has 0 fully saturated rings. The minimum Gasteiger partial charge on any atom is -0.256 e. The van der Waals surface area contributed by atoms with Gasteiger partial charge in [0.15, 0.2) is 0 Å². The highest BCUT2D eigenvalue weighted by Crippen LogP contribution is 2.33. The third-order valence-electron chi connectivity index (χ3n) is 4.04. The molecular weight excluding hydrogens is 268 g/mol. The van der Waals surface area contributed by atoms with Crippen molar-refractivity contribution in [2.24, 2.45) is 0 Å². The van der Waals surface area contributed by atoms with Gasteiger partial charge in [0.2, 0.25) is 0 Å². The van der Waals surface area contributed by atoms with Gasteiger partial charge in [-0.05, 0) is 50.1 Å². The van der Waals surface area contributed by atoms with E-state index in [9.17, 15) is 5.26 Å². The van der Waals surface area contributed by atoms with Gasteiger partial charge < -0.3 is 0 Å². The van der Waals surface area contributed by atoms with E-state index < -0.39 is 5.41 Å². The quantitative estimate of drug-likeness (QED) is 0.664. The Balaban J connectivity index is 2.35. The molecule has 0 saturated heterocycles. The molecule has 0 radical (unpaired) electrons. The Morgan fingerprint density at radius 1 is 1.05 bits per heavy atom. The Hall–Kier alpha value is -2.66. The number of hydrogen-bond acceptors (Lipinski definition) is 2. The van der Waals surface area contributed by atoms with Crippen LogP contribution in [-0.2, 0) is 5.41 Å². The van der Waals surface area contributed by atoms with Crippen LogP contribution in [0.1, 0.15) is 25.0 Å². The molecule has 0 aliphatic carbocycles. The third kappa shape index (κ3) is 2.46. The highest BCUT2D eigenvalue weighted by atomic mass is 14.6. The zero-order valence-electron chi connectivity index (χ0n) is 13.1. The monoisotopic (exact) mass is 286 g/mol. The van der Waals surface area contributed by atoms with E-state index in [-0.39, 0.29) is 0 Å². The fraction of sp³-hybridized carbons (Fsp3) is 0.200. The van der Waals surface area contributed by atoms with Crippen LogP contribution in [0.2, 0.25) is 0 Å². The summed E-state index contributed by atoms with van der Waals surface area (Å²) >= 11 is 0. The third-order valence-corrected chi connectivity index (χ3v) is 4.04. The van der Waals surface area contributed by atoms with Crippen molar-refractivity contribution in [2.75, 3.05) is 0 Å². The lowest BCUT2D eigenvalue weighted by Gasteiger charge is -2.18. The molecule has 0 amide bonds. The van der Waals surface area contributed by atoms with E-state index in [0.717, 1.165) is 27.6 Å². The van der Waals surface area contributed by atoms with Crippen molar-refractivity contribution >= 4 is 10.9 Å². The second-order valence-electron chi connectivity index (χ2n) is 6.21. The van der Waals surface area contributed by atoms with Crippen molar-refractivity contribution < 1.29 is 0 Å². The summed E-state index contributed by atoms with van der Waals surface area (Å²) in [6.45, 7) is 5.98. The Morgan fingerprint density at radius 2 is 1.86 bits per heavy atom. The molecule has 0 saturated carbocycles. The van der Waals surface area contributed by atoms with Gasteiger partial charge in [0, 0.05) is 17.1 Å². The van der Waals surface area contributed by atoms with Crippen LogP contribution in [0.5, 0.6) is 0 Å². The lowest BCUT2D eigenvalue weighted by Crippen LogP contribution is -2.14. The van der Waals surface area contributed by atoms with Crippen molar-refractivity contribution in [3.63, 3.8) is 0 Å². The molecule has 0 atom stereocenters. The highest BCUT2D eigenvalue weighted by molar-refractivity contribution is 5.94. The van der Waals surface area contributed by atoms with Gasteiger partial charge in [0.05, 0.1) is 17.0 Å². The number of rotatable bonds is 2. The van der Waals surface area contributed by atoms with Gasteiger partial charge in [-0.3, -0.25) is 4.98 Å². The summed E-state index contributed by atoms with van der Waals surface area (Å²) < 4.78 is 0. The maximum absolute atomic E-state index is 9.46. The fourth-order valence-electron chi connectivity index (χ4n) is 2.65. The zero-order valence-corrected chi connectivity index (χ0v) is 13.1. The second-order valence-corrected chi connectivity index (χ2v) is 6.21. The second kappa shape index (κ2) is 5.27. The van der Waals surface area contributed by atoms with Crippen molar-refractivity contribution in [2.45, 2.75) is 26.2 Å². The van der Waals surface area contributed by atoms with E-state index in [1.165, 1.54) is 5.56 Å². The van der Waals surface area contributed by atoms with Crippen molar-refractivity contribution in [3.8, 4) is 17.2 Å². The number of pyridine rings is 1. The Kier molecular flexibility index (Phi) is 3.42. The first-order valence-electron chi connectivity index (χ1n) is 7.39. The molecule has 0 aliphatic rings. The van der Waals surface area contributed by atoms with Crippen LogP contribution < -0.4 is 0 Å². The maximum atomic E-state index is 9.46. The van der Waals surface area contributed by atoms with Crippen LogP contribution in [0.3, 0.4) is 0 Å². The van der Waals surface area contributed by atoms with Crippen molar-refractivity contribution in [1.82, 2.24) is 4.98 Å². The number of nitriles is 1. The SMILES string of the molecule is Cc1cccc(-c2cc(C(C)(C)C#N)cc3cccnc23)c1. The predicted octanol–water partition coefficient (Wildman–Crippen LogP) is 5.01. The van der Waals surface area contributed by atoms with Crippen molar-refractivity contribution in [3.05, 3.63) is 65.9 Å². The minimum absolute atomic E-state index is 0.525. The van der Waals surface area contributed by atoms with E-state index in [1.807, 2.05) is 26.1 Å². The van der Waals surface area contributed by atoms with Crippen LogP contribution in [0.25, 0.3) is 22.0 Å². The molecule has 3 rings (SSSR count). The Bertz CT molecular complexity index is 886. The van der Waals surface area contributed by atoms with Gasteiger partial charge >= 0.3 is 0 Å². The van der Waals surface area contributed by atoms with Gasteiger partial charge in [0.1, 0.15) is 0 Å². The van der Waals surface area contributed by atoms with Crippen LogP contribution in [0, 0.1) is 18.3 Å². The maximum Gasteiger partial charge on any atom is 0.0780 e. The van der Waals surface area contributed by atoms with Crippen molar-refractivity contribution in [1.29, 1.82) is 5.26 Å². The number of aromatic nitrogens is 1. The molecule has 0 unspecified atom stereocenters. The molecule has 0 spiro atoms. The highest BCUT2D eigenvalue weighted by Gasteiger charge is 2.22. The Morgan fingerprint density at radius 3 is 2.59 bits per heavy atom. The van der Waals surface area contributed by atoms with Gasteiger partial charge in [-0.1, -0.05) is 35.9 Å². The smallest absolute Gasteiger partial charge is 0.0780 e. The summed E-state index contributed by atoms with van der Waals surface area (Å²) in [6.07, 6.45) is 1.82. The summed E-state index contributed by atoms with van der Waals surface area (Å²) in [4.78, 5) is 4.55. The molecule has 2 nitrogen and oxygen atoms in total. The molecule has 1 aromatic heterocycles. The number of nitrogens with zero attached hydrogens (tertiary/aromatic N) is 2. The first kappa shape index (κ1) is 14.3. The summed E-state index contributed by atoms with van der Waals surface area (Å²) in [5.41, 5.74) is 4.91. The molecule has 22 heavy (non-hydrogen) atoms. The molecule has 0 aliphatic heterocycles. The summed E-state index contributed by atoms with van der Waals surface area (Å²) in [7, 11) is 0. The zero-order chi connectivity index (χ0) is 15.7. The Labute approximate surface area is 131 Å². The molecule has 2 aromatic carbocycles. The summed E-state index contributed by atoms with van der Waals surface area (Å²) in [5.74, 6) is 0. The van der Waals surface area contributed by atoms with E-state index in [2.05, 4.69) is 60.4 Å². The molecule has 0 bridgehead atoms. The average molecular weight is 286 g/mol. The van der Waals surface area contributed by atoms with Crippen LogP contribution >= 0.6 is 0 Å². The normalized spacial score (nSPS) is 11.4. The minimum atomic E-state index is -0.525. The number of benzene rings is 2. The van der Waals surface area contributed by atoms with Gasteiger partial charge in [-0.2, -0.15) is 5.26 Å². The van der Waals surface area contributed by atoms with E-state index in [0.29, 0.717) is 0 Å². The van der Waals surface area contributed by atoms with Gasteiger partial charge in [-0.25, -0.2) is 0 Å². The molecule has 2 heteroatoms. The van der Waals surface area contributed by atoms with Gasteiger partial charge in [0.25, 0.3) is 0 Å². The summed E-state index contributed by atoms with van der Waals surface area (Å²) in [5, 5.41) is 10.5. The van der Waals surface area contributed by atoms with E-state index in [1.54, 1.807) is 0 Å². The standard InChI is InChI=1S/C20H18N2/c1-14-6-4-7-15(10-14)18-12-17(20(2,3)13-21)11-16-8-5-9-22-19(16)18/h4-12H,1-3H3. The van der Waals surface area contributed by atoms with E-state index in [4.69, 9.17) is 0 Å². The summed E-state index contributed by atoms with van der Waals surface area (Å²) in [6, 6.07) is 19.0. The fourth-order valence-corrected chi connectivity index (χ4v) is 2.65. The molecule has 0 N–H and O–H groups in total. The first-order valence-corrected chi connectivity index (χ1v) is 7.39. The van der Waals surface area contributed by atoms with Crippen LogP contribution in [0.4, 0.5) is 0 Å². The number of hydrogen-bond donors (Lipinski definition) is 0. The molecule has 108 valence electrons. The average Bonchev–Trinajstić information content (AvgIpc) is 2.53. The number of aryl methyl sites for hydroxylation is 1. The molecular formula is C20H18N2. The topological polar surface area (TPSA) is 36.7 Å². The first-order chi connectivity index (χ1) is 10.5. The lowest BCUT2D eigenvalue weighted by atomic mass is 9.83. The largest absolute Gasteiger partial charge is 0.256 e. The predicted molar refractivity (Wildman–Crippen MR) is 90.6 cm³/mol. The van der Waals surface area contributed by atoms with E-state index >= 15 is 0 Å². The molecule has 3 aromatic rings. The number of fused-ring (bicyclic) bond motifs is 1. The molecule has 1 heterocycles. The van der Waals surface area contributed by atoms with Crippen LogP contribution in [0.15, 0.2) is 54.7 Å². The lowest BCUT2D eigenvalue weighted by molar-refractivity contribution is 0.688.